The molecule has 0 unspecified atom stereocenters. The molecule has 3 aromatic heterocycles. The van der Waals surface area contributed by atoms with Crippen molar-refractivity contribution in [2.24, 2.45) is 0 Å². The zero-order chi connectivity index (χ0) is 36.7. The largest absolute Gasteiger partial charge is 0.545 e. The fourth-order valence-electron chi connectivity index (χ4n) is 5.33. The van der Waals surface area contributed by atoms with Crippen LogP contribution in [-0.2, 0) is 51.7 Å². The van der Waals surface area contributed by atoms with Crippen molar-refractivity contribution in [3.63, 3.8) is 0 Å². The molecule has 0 aliphatic rings. The van der Waals surface area contributed by atoms with Crippen molar-refractivity contribution >= 4 is 61.0 Å². The zero-order valence-corrected chi connectivity index (χ0v) is 33.3. The number of carbonyl (C=O) groups is 2. The number of hydrogen-bond acceptors (Lipinski definition) is 8. The average Bonchev–Trinajstić information content (AvgIpc) is 3.49. The van der Waals surface area contributed by atoms with Crippen LogP contribution >= 0.6 is 0 Å². The summed E-state index contributed by atoms with van der Waals surface area (Å²) in [6.45, 7) is 12.9. The van der Waals surface area contributed by atoms with Crippen molar-refractivity contribution in [2.75, 3.05) is 0 Å². The molecule has 53 heavy (non-hydrogen) atoms. The van der Waals surface area contributed by atoms with Crippen LogP contribution in [-0.4, -0.2) is 31.7 Å². The maximum atomic E-state index is 10.0. The molecule has 0 radical (unpaired) electrons. The number of aromatic nitrogens is 2. The second-order valence-electron chi connectivity index (χ2n) is 11.5. The van der Waals surface area contributed by atoms with E-state index in [-0.39, 0.29) is 65.2 Å². The number of aliphatic hydroxyl groups is 2. The number of fused-ring (bicyclic) bond motifs is 5. The van der Waals surface area contributed by atoms with Crippen molar-refractivity contribution in [2.45, 2.75) is 27.7 Å². The van der Waals surface area contributed by atoms with Gasteiger partial charge < -0.3 is 14.6 Å². The summed E-state index contributed by atoms with van der Waals surface area (Å²) in [6.07, 6.45) is 2.33. The van der Waals surface area contributed by atoms with Crippen molar-refractivity contribution in [1.29, 1.82) is 5.26 Å². The van der Waals surface area contributed by atoms with Crippen molar-refractivity contribution < 1.29 is 66.3 Å². The van der Waals surface area contributed by atoms with Crippen LogP contribution in [0.2, 0.25) is 0 Å². The van der Waals surface area contributed by atoms with Crippen LogP contribution < -0.4 is 0 Å². The minimum atomic E-state index is -0.125. The van der Waals surface area contributed by atoms with E-state index in [2.05, 4.69) is 23.0 Å². The fourth-order valence-corrected chi connectivity index (χ4v) is 5.33. The Balaban J connectivity index is 0.000000405. The van der Waals surface area contributed by atoms with Crippen molar-refractivity contribution in [1.82, 2.24) is 9.97 Å². The number of nitriles is 1. The Labute approximate surface area is 334 Å². The van der Waals surface area contributed by atoms with Gasteiger partial charge in [-0.05, 0) is 80.2 Å². The van der Waals surface area contributed by atoms with E-state index in [1.165, 1.54) is 39.8 Å². The third-order valence-corrected chi connectivity index (χ3v) is 7.35. The quantitative estimate of drug-likeness (QED) is 0.101. The van der Waals surface area contributed by atoms with Gasteiger partial charge in [0.05, 0.1) is 40.8 Å². The summed E-state index contributed by atoms with van der Waals surface area (Å²) >= 11 is 0. The standard InChI is InChI=1S/C32H14N4O.2C5H8O2.2Pt/c1-34-22-11-15-28-21(17-22)10-14-30(36-28)26-7-3-5-24-23-4-2-6-25(31(23)37-32(24)26)29-13-9-20-16-19(18-33)8-12-27(20)35-29;2*1-4(6)3-5(2)7;;/h2-5,8-17H;2*3,6H,1-2H3;;/q-2;;;;/b;2*4-3-;;. The number of rotatable bonds is 4. The van der Waals surface area contributed by atoms with Crippen molar-refractivity contribution in [3.8, 4) is 28.6 Å². The first-order valence-corrected chi connectivity index (χ1v) is 15.6. The van der Waals surface area contributed by atoms with Gasteiger partial charge >= 0.3 is 0 Å². The molecule has 7 aromatic rings. The molecule has 3 heterocycles. The number of benzene rings is 4. The molecule has 270 valence electrons. The molecule has 4 aromatic carbocycles. The monoisotopic (exact) mass is 1060 g/mol. The van der Waals surface area contributed by atoms with E-state index in [9.17, 15) is 14.9 Å². The van der Waals surface area contributed by atoms with Gasteiger partial charge in [0.25, 0.3) is 0 Å². The van der Waals surface area contributed by atoms with E-state index in [0.717, 1.165) is 55.1 Å². The topological polar surface area (TPSA) is 142 Å². The number of pyridine rings is 2. The summed E-state index contributed by atoms with van der Waals surface area (Å²) < 4.78 is 6.50. The summed E-state index contributed by atoms with van der Waals surface area (Å²) in [5.74, 6) is -0.125. The minimum Gasteiger partial charge on any atom is -0.545 e. The number of allylic oxidation sites excluding steroid dienone is 4. The summed E-state index contributed by atoms with van der Waals surface area (Å²) in [7, 11) is 0. The molecular weight excluding hydrogens is 1030 g/mol. The van der Waals surface area contributed by atoms with Crippen LogP contribution in [0, 0.1) is 30.0 Å². The van der Waals surface area contributed by atoms with Crippen LogP contribution in [0.4, 0.5) is 5.69 Å². The molecule has 9 nitrogen and oxygen atoms in total. The molecule has 0 saturated heterocycles. The van der Waals surface area contributed by atoms with Gasteiger partial charge in [-0.25, -0.2) is 4.85 Å². The minimum absolute atomic E-state index is 0. The summed E-state index contributed by atoms with van der Waals surface area (Å²) in [6, 6.07) is 35.3. The zero-order valence-electron chi connectivity index (χ0n) is 28.8. The number of nitrogens with zero attached hydrogens (tertiary/aromatic N) is 4. The summed E-state index contributed by atoms with van der Waals surface area (Å²) in [5, 5.41) is 29.7. The first-order chi connectivity index (χ1) is 24.5. The molecule has 0 aliphatic carbocycles. The third-order valence-electron chi connectivity index (χ3n) is 7.35. The predicted molar refractivity (Wildman–Crippen MR) is 198 cm³/mol. The van der Waals surface area contributed by atoms with Gasteiger partial charge in [-0.1, -0.05) is 52.2 Å². The Morgan fingerprint density at radius 3 is 1.62 bits per heavy atom. The SMILES string of the molecule is CC(=O)/C=C(/C)O.CC(=O)/C=C(/C)O.[C-]#[N+]c1ccc2nc(-c3[c-]ccc4c3oc3c(-c5ccc6cc(C#N)ccc6n5)[c-]ccc34)ccc2c1.[Pt].[Pt]. The Bertz CT molecular complexity index is 2440. The number of hydrogen-bond donors (Lipinski definition) is 2. The Hall–Kier alpha value is -5.72. The maximum absolute atomic E-state index is 10.0. The normalized spacial score (nSPS) is 10.8. The van der Waals surface area contributed by atoms with Crippen LogP contribution in [0.3, 0.4) is 0 Å². The van der Waals surface area contributed by atoms with Gasteiger partial charge in [-0.2, -0.15) is 5.26 Å². The summed E-state index contributed by atoms with van der Waals surface area (Å²) in [5.41, 5.74) is 7.21. The number of aliphatic hydroxyl groups excluding tert-OH is 2. The molecule has 0 fully saturated rings. The Morgan fingerprint density at radius 2 is 1.21 bits per heavy atom. The second kappa shape index (κ2) is 18.7. The van der Waals surface area contributed by atoms with E-state index in [1.54, 1.807) is 12.1 Å². The molecule has 7 rings (SSSR count). The molecule has 2 N–H and O–H groups in total. The second-order valence-corrected chi connectivity index (χ2v) is 11.5. The van der Waals surface area contributed by atoms with E-state index in [1.807, 2.05) is 72.8 Å². The molecule has 0 bridgehead atoms. The van der Waals surface area contributed by atoms with Crippen LogP contribution in [0.5, 0.6) is 0 Å². The molecule has 0 amide bonds. The summed E-state index contributed by atoms with van der Waals surface area (Å²) in [4.78, 5) is 33.2. The molecule has 0 aliphatic heterocycles. The number of ketones is 2. The van der Waals surface area contributed by atoms with Gasteiger partial charge in [-0.3, -0.25) is 19.6 Å². The fraction of sp³-hybridized carbons (Fsp3) is 0.0952. The smallest absolute Gasteiger partial charge is 0.187 e. The van der Waals surface area contributed by atoms with Gasteiger partial charge in [0.1, 0.15) is 0 Å². The Morgan fingerprint density at radius 1 is 0.736 bits per heavy atom. The molecule has 0 atom stereocenters. The predicted octanol–water partition coefficient (Wildman–Crippen LogP) is 10.1. The molecule has 0 spiro atoms. The van der Waals surface area contributed by atoms with Crippen LogP contribution in [0.25, 0.3) is 71.1 Å². The van der Waals surface area contributed by atoms with E-state index < -0.39 is 0 Å². The van der Waals surface area contributed by atoms with Crippen molar-refractivity contribution in [3.05, 3.63) is 138 Å². The Kier molecular flexibility index (Phi) is 14.7. The van der Waals surface area contributed by atoms with Gasteiger partial charge in [-0.15, -0.1) is 36.4 Å². The first kappa shape index (κ1) is 41.7. The van der Waals surface area contributed by atoms with Gasteiger partial charge in [0, 0.05) is 65.4 Å². The molecule has 11 heteroatoms. The average molecular weight is 1060 g/mol. The molecule has 0 saturated carbocycles. The van der Waals surface area contributed by atoms with E-state index in [4.69, 9.17) is 31.2 Å². The van der Waals surface area contributed by atoms with Gasteiger partial charge in [0.15, 0.2) is 17.3 Å². The van der Waals surface area contributed by atoms with E-state index in [0.29, 0.717) is 22.4 Å². The number of furan rings is 1. The van der Waals surface area contributed by atoms with Crippen LogP contribution in [0.1, 0.15) is 33.3 Å². The van der Waals surface area contributed by atoms with Gasteiger partial charge in [0.2, 0.25) is 0 Å². The molecular formula is C42H30N4O5Pt2-2. The third kappa shape index (κ3) is 10.2. The first-order valence-electron chi connectivity index (χ1n) is 15.6. The van der Waals surface area contributed by atoms with Crippen LogP contribution in [0.15, 0.2) is 113 Å². The van der Waals surface area contributed by atoms with E-state index >= 15 is 0 Å². The maximum Gasteiger partial charge on any atom is 0.187 e. The number of carbonyl (C=O) groups excluding carboxylic acids is 2.